The molecule has 0 unspecified atom stereocenters. The van der Waals surface area contributed by atoms with E-state index in [0.717, 1.165) is 18.2 Å². The maximum Gasteiger partial charge on any atom is 0.411 e. The first-order chi connectivity index (χ1) is 11.8. The third-order valence-electron chi connectivity index (χ3n) is 4.08. The zero-order valence-corrected chi connectivity index (χ0v) is 14.6. The lowest BCUT2D eigenvalue weighted by atomic mass is 9.71. The Morgan fingerprint density at radius 3 is 1.96 bits per heavy atom. The Kier molecular flexibility index (Phi) is 6.39. The molecule has 0 fully saturated rings. The summed E-state index contributed by atoms with van der Waals surface area (Å²) >= 11 is 0. The van der Waals surface area contributed by atoms with Gasteiger partial charge in [-0.3, -0.25) is 0 Å². The van der Waals surface area contributed by atoms with Gasteiger partial charge in [0, 0.05) is 0 Å². The minimum atomic E-state index is -5.70. The fourth-order valence-electron chi connectivity index (χ4n) is 2.66. The molecule has 0 heterocycles. The molecule has 26 heavy (non-hydrogen) atoms. The Hall–Kier alpha value is -2.18. The Balaban J connectivity index is 4.05. The largest absolute Gasteiger partial charge is 0.509 e. The maximum absolute atomic E-state index is 14.0. The minimum absolute atomic E-state index is 0.216. The summed E-state index contributed by atoms with van der Waals surface area (Å²) in [5, 5.41) is 9.32. The van der Waals surface area contributed by atoms with E-state index in [-0.39, 0.29) is 6.42 Å². The van der Waals surface area contributed by atoms with Gasteiger partial charge < -0.3 is 5.11 Å². The van der Waals surface area contributed by atoms with Gasteiger partial charge in [-0.2, -0.15) is 26.3 Å². The molecule has 0 saturated heterocycles. The molecule has 1 rings (SSSR count). The van der Waals surface area contributed by atoms with E-state index < -0.39 is 34.7 Å². The molecule has 0 amide bonds. The number of aliphatic hydroxyl groups excluding tert-OH is 1. The molecule has 0 aliphatic rings. The standard InChI is InChI=1S/C19H20F6O/c1-5-6-7-15(11-14(4)26)17(18(20,21)22,19(23,24)25)16-9-8-12(2)13(3)10-16/h6-11,26H,4-5H2,1-3H3/b7-6-,15-11+. The van der Waals surface area contributed by atoms with Gasteiger partial charge in [-0.25, -0.2) is 0 Å². The Labute approximate surface area is 148 Å². The molecule has 0 radical (unpaired) electrons. The van der Waals surface area contributed by atoms with Crippen molar-refractivity contribution in [1.29, 1.82) is 0 Å². The molecule has 1 N–H and O–H groups in total. The van der Waals surface area contributed by atoms with Crippen LogP contribution in [0.1, 0.15) is 30.0 Å². The second-order valence-electron chi connectivity index (χ2n) is 5.95. The van der Waals surface area contributed by atoms with Crippen LogP contribution in [-0.4, -0.2) is 17.5 Å². The van der Waals surface area contributed by atoms with Crippen LogP contribution >= 0.6 is 0 Å². The zero-order valence-electron chi connectivity index (χ0n) is 14.6. The number of allylic oxidation sites excluding steroid dienone is 4. The second-order valence-corrected chi connectivity index (χ2v) is 5.95. The molecular weight excluding hydrogens is 358 g/mol. The number of rotatable bonds is 5. The monoisotopic (exact) mass is 378 g/mol. The number of aliphatic hydroxyl groups is 1. The fourth-order valence-corrected chi connectivity index (χ4v) is 2.66. The van der Waals surface area contributed by atoms with Crippen LogP contribution in [0.4, 0.5) is 26.3 Å². The predicted octanol–water partition coefficient (Wildman–Crippen LogP) is 6.63. The van der Waals surface area contributed by atoms with E-state index in [1.54, 1.807) is 13.8 Å². The van der Waals surface area contributed by atoms with Crippen LogP contribution < -0.4 is 0 Å². The van der Waals surface area contributed by atoms with Crippen LogP contribution in [0.2, 0.25) is 0 Å². The molecule has 144 valence electrons. The number of alkyl halides is 6. The number of benzene rings is 1. The molecule has 0 aliphatic heterocycles. The van der Waals surface area contributed by atoms with Gasteiger partial charge in [0.2, 0.25) is 5.41 Å². The molecule has 1 aromatic carbocycles. The SMILES string of the molecule is C=C(O)/C=C(\C=C/CC)C(c1ccc(C)c(C)c1)(C(F)(F)F)C(F)(F)F. The topological polar surface area (TPSA) is 20.2 Å². The highest BCUT2D eigenvalue weighted by Crippen LogP contribution is 2.57. The quantitative estimate of drug-likeness (QED) is 0.346. The Morgan fingerprint density at radius 2 is 1.58 bits per heavy atom. The van der Waals surface area contributed by atoms with Gasteiger partial charge in [-0.1, -0.05) is 43.9 Å². The van der Waals surface area contributed by atoms with E-state index in [0.29, 0.717) is 17.2 Å². The first-order valence-electron chi connectivity index (χ1n) is 7.76. The summed E-state index contributed by atoms with van der Waals surface area (Å²) in [6, 6.07) is 2.91. The average Bonchev–Trinajstić information content (AvgIpc) is 2.45. The molecule has 0 bridgehead atoms. The van der Waals surface area contributed by atoms with Gasteiger partial charge >= 0.3 is 12.4 Å². The lowest BCUT2D eigenvalue weighted by Crippen LogP contribution is -2.55. The normalized spacial score (nSPS) is 14.1. The summed E-state index contributed by atoms with van der Waals surface area (Å²) in [6.07, 6.45) is -8.88. The van der Waals surface area contributed by atoms with Crippen molar-refractivity contribution in [1.82, 2.24) is 0 Å². The number of hydrogen-bond donors (Lipinski definition) is 1. The van der Waals surface area contributed by atoms with E-state index in [1.165, 1.54) is 19.1 Å². The van der Waals surface area contributed by atoms with Crippen molar-refractivity contribution in [2.24, 2.45) is 0 Å². The molecule has 0 aromatic heterocycles. The lowest BCUT2D eigenvalue weighted by Gasteiger charge is -2.39. The predicted molar refractivity (Wildman–Crippen MR) is 89.0 cm³/mol. The van der Waals surface area contributed by atoms with Crippen LogP contribution in [0.15, 0.2) is 54.3 Å². The van der Waals surface area contributed by atoms with Crippen molar-refractivity contribution in [2.75, 3.05) is 0 Å². The van der Waals surface area contributed by atoms with Crippen LogP contribution in [0.3, 0.4) is 0 Å². The molecule has 0 saturated carbocycles. The van der Waals surface area contributed by atoms with Crippen molar-refractivity contribution < 1.29 is 31.4 Å². The van der Waals surface area contributed by atoms with Crippen molar-refractivity contribution in [3.8, 4) is 0 Å². The highest BCUT2D eigenvalue weighted by atomic mass is 19.4. The van der Waals surface area contributed by atoms with Crippen molar-refractivity contribution in [3.63, 3.8) is 0 Å². The van der Waals surface area contributed by atoms with Gasteiger partial charge in [0.1, 0.15) is 5.76 Å². The van der Waals surface area contributed by atoms with E-state index >= 15 is 0 Å². The minimum Gasteiger partial charge on any atom is -0.509 e. The third-order valence-corrected chi connectivity index (χ3v) is 4.08. The highest BCUT2D eigenvalue weighted by molar-refractivity contribution is 5.50. The summed E-state index contributed by atoms with van der Waals surface area (Å²) in [4.78, 5) is 0. The summed E-state index contributed by atoms with van der Waals surface area (Å²) < 4.78 is 84.1. The van der Waals surface area contributed by atoms with Gasteiger partial charge in [0.05, 0.1) is 0 Å². The summed E-state index contributed by atoms with van der Waals surface area (Å²) in [5.74, 6) is -0.900. The molecule has 0 aliphatic carbocycles. The van der Waals surface area contributed by atoms with Crippen molar-refractivity contribution >= 4 is 0 Å². The lowest BCUT2D eigenvalue weighted by molar-refractivity contribution is -0.288. The summed E-state index contributed by atoms with van der Waals surface area (Å²) in [7, 11) is 0. The number of halogens is 6. The highest BCUT2D eigenvalue weighted by Gasteiger charge is 2.73. The first-order valence-corrected chi connectivity index (χ1v) is 7.76. The third kappa shape index (κ3) is 3.97. The van der Waals surface area contributed by atoms with E-state index in [9.17, 15) is 31.4 Å². The Bertz CT molecular complexity index is 709. The summed E-state index contributed by atoms with van der Waals surface area (Å²) in [6.45, 7) is 7.61. The Morgan fingerprint density at radius 1 is 1.04 bits per heavy atom. The van der Waals surface area contributed by atoms with Crippen molar-refractivity contribution in [3.05, 3.63) is 71.0 Å². The number of aryl methyl sites for hydroxylation is 2. The smallest absolute Gasteiger partial charge is 0.411 e. The van der Waals surface area contributed by atoms with Crippen LogP contribution in [-0.2, 0) is 5.41 Å². The molecule has 7 heteroatoms. The molecule has 0 spiro atoms. The van der Waals surface area contributed by atoms with Gasteiger partial charge in [0.15, 0.2) is 0 Å². The summed E-state index contributed by atoms with van der Waals surface area (Å²) in [5.41, 5.74) is -5.55. The van der Waals surface area contributed by atoms with Gasteiger partial charge in [-0.15, -0.1) is 0 Å². The fraction of sp³-hybridized carbons (Fsp3) is 0.368. The van der Waals surface area contributed by atoms with Crippen molar-refractivity contribution in [2.45, 2.75) is 45.0 Å². The van der Waals surface area contributed by atoms with Crippen LogP contribution in [0.5, 0.6) is 0 Å². The first kappa shape index (κ1) is 21.9. The van der Waals surface area contributed by atoms with Crippen LogP contribution in [0, 0.1) is 13.8 Å². The average molecular weight is 378 g/mol. The van der Waals surface area contributed by atoms with E-state index in [4.69, 9.17) is 0 Å². The maximum atomic E-state index is 14.0. The molecular formula is C19H20F6O. The molecule has 1 aromatic rings. The second kappa shape index (κ2) is 7.60. The van der Waals surface area contributed by atoms with E-state index in [1.807, 2.05) is 0 Å². The number of hydrogen-bond acceptors (Lipinski definition) is 1. The zero-order chi connectivity index (χ0) is 20.3. The van der Waals surface area contributed by atoms with Gasteiger partial charge in [-0.05, 0) is 48.6 Å². The molecule has 0 atom stereocenters. The van der Waals surface area contributed by atoms with E-state index in [2.05, 4.69) is 6.58 Å². The van der Waals surface area contributed by atoms with Gasteiger partial charge in [0.25, 0.3) is 0 Å². The van der Waals surface area contributed by atoms with Crippen LogP contribution in [0.25, 0.3) is 0 Å². The molecule has 1 nitrogen and oxygen atoms in total.